The molecule has 2 aliphatic heterocycles. The van der Waals surface area contributed by atoms with Crippen molar-refractivity contribution in [2.24, 2.45) is 17.8 Å². The van der Waals surface area contributed by atoms with Crippen LogP contribution in [0.25, 0.3) is 0 Å². The van der Waals surface area contributed by atoms with Gasteiger partial charge in [0.05, 0.1) is 23.1 Å². The van der Waals surface area contributed by atoms with E-state index in [2.05, 4.69) is 5.32 Å². The van der Waals surface area contributed by atoms with Crippen LogP contribution in [-0.2, 0) is 20.5 Å². The molecule has 1 aliphatic carbocycles. The van der Waals surface area contributed by atoms with E-state index in [0.29, 0.717) is 31.9 Å². The number of halogens is 3. The van der Waals surface area contributed by atoms with Gasteiger partial charge in [0.1, 0.15) is 6.61 Å². The number of likely N-dealkylation sites (tertiary alicyclic amines) is 1. The third-order valence-corrected chi connectivity index (χ3v) is 7.19. The van der Waals surface area contributed by atoms with Crippen molar-refractivity contribution in [2.75, 3.05) is 44.8 Å². The van der Waals surface area contributed by atoms with E-state index in [-0.39, 0.29) is 42.2 Å². The first-order chi connectivity index (χ1) is 16.2. The van der Waals surface area contributed by atoms with Crippen LogP contribution in [0.3, 0.4) is 0 Å². The number of ether oxygens (including phenoxy) is 1. The molecule has 1 aromatic rings. The lowest BCUT2D eigenvalue weighted by Crippen LogP contribution is -2.44. The molecule has 3 fully saturated rings. The summed E-state index contributed by atoms with van der Waals surface area (Å²) in [7, 11) is 1.48. The number of carbonyl (C=O) groups is 2. The second-order valence-electron chi connectivity index (χ2n) is 9.45. The largest absolute Gasteiger partial charge is 0.417 e. The number of methoxy groups -OCH3 is 1. The van der Waals surface area contributed by atoms with Crippen molar-refractivity contribution in [3.63, 3.8) is 0 Å². The third-order valence-electron chi connectivity index (χ3n) is 7.19. The zero-order valence-corrected chi connectivity index (χ0v) is 19.1. The number of anilines is 1. The molecule has 0 spiro atoms. The third kappa shape index (κ3) is 5.30. The van der Waals surface area contributed by atoms with Gasteiger partial charge < -0.3 is 19.9 Å². The summed E-state index contributed by atoms with van der Waals surface area (Å²) in [6.07, 6.45) is -1.25. The lowest BCUT2D eigenvalue weighted by Gasteiger charge is -2.36. The average molecular weight is 479 g/mol. The summed E-state index contributed by atoms with van der Waals surface area (Å²) in [4.78, 5) is 28.8. The number of amides is 2. The lowest BCUT2D eigenvalue weighted by atomic mass is 9.78. The maximum atomic E-state index is 13.5. The molecule has 2 atom stereocenters. The van der Waals surface area contributed by atoms with Gasteiger partial charge in [0.15, 0.2) is 0 Å². The molecule has 3 aliphatic rings. The Kier molecular flexibility index (Phi) is 7.03. The van der Waals surface area contributed by atoms with E-state index < -0.39 is 17.3 Å². The summed E-state index contributed by atoms with van der Waals surface area (Å²) < 4.78 is 45.5. The lowest BCUT2D eigenvalue weighted by molar-refractivity contribution is -0.138. The smallest absolute Gasteiger partial charge is 0.375 e. The van der Waals surface area contributed by atoms with Crippen molar-refractivity contribution in [3.8, 4) is 6.07 Å². The average Bonchev–Trinajstić information content (AvgIpc) is 3.52. The number of nitriles is 1. The number of carbonyl (C=O) groups excluding carboxylic acids is 2. The fourth-order valence-electron chi connectivity index (χ4n) is 5.18. The fourth-order valence-corrected chi connectivity index (χ4v) is 5.18. The second-order valence-corrected chi connectivity index (χ2v) is 9.45. The van der Waals surface area contributed by atoms with Crippen molar-refractivity contribution in [1.29, 1.82) is 5.26 Å². The zero-order valence-electron chi connectivity index (χ0n) is 19.1. The Hall–Kier alpha value is -2.80. The molecule has 0 unspecified atom stereocenters. The molecule has 2 saturated heterocycles. The molecular weight excluding hydrogens is 449 g/mol. The first-order valence-electron chi connectivity index (χ1n) is 11.6. The van der Waals surface area contributed by atoms with Gasteiger partial charge in [0.2, 0.25) is 11.8 Å². The minimum absolute atomic E-state index is 0.0246. The molecule has 7 nitrogen and oxygen atoms in total. The molecule has 2 heterocycles. The topological polar surface area (TPSA) is 85.7 Å². The molecular formula is C24H29F3N4O3. The fraction of sp³-hybridized carbons (Fsp3) is 0.625. The van der Waals surface area contributed by atoms with Crippen LogP contribution in [0.5, 0.6) is 0 Å². The van der Waals surface area contributed by atoms with Crippen molar-refractivity contribution in [3.05, 3.63) is 29.3 Å². The Morgan fingerprint density at radius 2 is 1.88 bits per heavy atom. The van der Waals surface area contributed by atoms with Gasteiger partial charge in [0, 0.05) is 45.0 Å². The Balaban J connectivity index is 1.53. The Morgan fingerprint density at radius 1 is 1.18 bits per heavy atom. The van der Waals surface area contributed by atoms with Crippen LogP contribution < -0.4 is 10.2 Å². The predicted molar refractivity (Wildman–Crippen MR) is 118 cm³/mol. The molecule has 1 N–H and O–H groups in total. The molecule has 2 amide bonds. The standard InChI is InChI=1S/C24H29F3N4O3/c1-34-14-22(32)30-8-6-15(7-9-30)19-12-31(13-20(19)23(33)29-17-3-4-17)18-5-2-16(11-28)21(10-18)24(25,26)27/h2,5,10,15,17,19-20H,3-4,6-9,12-14H2,1H3,(H,29,33)/t19-,20+/m0/s1. The van der Waals surface area contributed by atoms with Gasteiger partial charge in [-0.25, -0.2) is 0 Å². The Morgan fingerprint density at radius 3 is 2.47 bits per heavy atom. The highest BCUT2D eigenvalue weighted by atomic mass is 19.4. The minimum Gasteiger partial charge on any atom is -0.375 e. The molecule has 1 saturated carbocycles. The molecule has 0 bridgehead atoms. The first kappa shape index (κ1) is 24.3. The quantitative estimate of drug-likeness (QED) is 0.680. The number of alkyl halides is 3. The van der Waals surface area contributed by atoms with Crippen molar-refractivity contribution in [1.82, 2.24) is 10.2 Å². The highest BCUT2D eigenvalue weighted by Crippen LogP contribution is 2.40. The van der Waals surface area contributed by atoms with Gasteiger partial charge in [-0.05, 0) is 55.7 Å². The summed E-state index contributed by atoms with van der Waals surface area (Å²) in [6, 6.07) is 5.55. The van der Waals surface area contributed by atoms with E-state index in [9.17, 15) is 22.8 Å². The van der Waals surface area contributed by atoms with Gasteiger partial charge in [-0.2, -0.15) is 18.4 Å². The van der Waals surface area contributed by atoms with Crippen LogP contribution in [0.4, 0.5) is 18.9 Å². The molecule has 0 radical (unpaired) electrons. The van der Waals surface area contributed by atoms with Gasteiger partial charge in [-0.15, -0.1) is 0 Å². The molecule has 10 heteroatoms. The normalized spacial score (nSPS) is 23.6. The molecule has 1 aromatic carbocycles. The summed E-state index contributed by atoms with van der Waals surface area (Å²) >= 11 is 0. The van der Waals surface area contributed by atoms with E-state index in [4.69, 9.17) is 10.00 Å². The Labute approximate surface area is 196 Å². The van der Waals surface area contributed by atoms with E-state index >= 15 is 0 Å². The van der Waals surface area contributed by atoms with Gasteiger partial charge >= 0.3 is 6.18 Å². The second kappa shape index (κ2) is 9.82. The van der Waals surface area contributed by atoms with Crippen LogP contribution >= 0.6 is 0 Å². The zero-order chi connectivity index (χ0) is 24.5. The molecule has 34 heavy (non-hydrogen) atoms. The van der Waals surface area contributed by atoms with Gasteiger partial charge in [0.25, 0.3) is 0 Å². The van der Waals surface area contributed by atoms with Gasteiger partial charge in [-0.1, -0.05) is 0 Å². The van der Waals surface area contributed by atoms with Crippen molar-refractivity contribution in [2.45, 2.75) is 37.9 Å². The van der Waals surface area contributed by atoms with Gasteiger partial charge in [-0.3, -0.25) is 9.59 Å². The van der Waals surface area contributed by atoms with E-state index in [0.717, 1.165) is 31.7 Å². The van der Waals surface area contributed by atoms with Crippen LogP contribution in [-0.4, -0.2) is 62.7 Å². The maximum Gasteiger partial charge on any atom is 0.417 e. The van der Waals surface area contributed by atoms with E-state index in [1.54, 1.807) is 11.0 Å². The predicted octanol–water partition coefficient (Wildman–Crippen LogP) is 2.79. The number of hydrogen-bond donors (Lipinski definition) is 1. The van der Waals surface area contributed by atoms with Crippen LogP contribution in [0.1, 0.15) is 36.8 Å². The van der Waals surface area contributed by atoms with Crippen LogP contribution in [0, 0.1) is 29.1 Å². The number of hydrogen-bond acceptors (Lipinski definition) is 5. The van der Waals surface area contributed by atoms with E-state index in [1.165, 1.54) is 19.2 Å². The summed E-state index contributed by atoms with van der Waals surface area (Å²) in [5.74, 6) is -0.279. The highest BCUT2D eigenvalue weighted by molar-refractivity contribution is 5.81. The van der Waals surface area contributed by atoms with Crippen LogP contribution in [0.15, 0.2) is 18.2 Å². The number of nitrogens with zero attached hydrogens (tertiary/aromatic N) is 3. The minimum atomic E-state index is -4.63. The molecule has 4 rings (SSSR count). The van der Waals surface area contributed by atoms with Crippen LogP contribution in [0.2, 0.25) is 0 Å². The number of nitrogens with one attached hydrogen (secondary N) is 1. The first-order valence-corrected chi connectivity index (χ1v) is 11.6. The highest BCUT2D eigenvalue weighted by Gasteiger charge is 2.44. The summed E-state index contributed by atoms with van der Waals surface area (Å²) in [5.41, 5.74) is -1.01. The number of rotatable bonds is 6. The monoisotopic (exact) mass is 478 g/mol. The molecule has 0 aromatic heterocycles. The number of piperidine rings is 1. The Bertz CT molecular complexity index is 965. The summed E-state index contributed by atoms with van der Waals surface area (Å²) in [6.45, 7) is 1.98. The van der Waals surface area contributed by atoms with Crippen molar-refractivity contribution < 1.29 is 27.5 Å². The van der Waals surface area contributed by atoms with Crippen molar-refractivity contribution >= 4 is 17.5 Å². The van der Waals surface area contributed by atoms with E-state index in [1.807, 2.05) is 4.90 Å². The molecule has 184 valence electrons. The number of benzene rings is 1. The maximum absolute atomic E-state index is 13.5. The SMILES string of the molecule is COCC(=O)N1CCC([C@@H]2CN(c3ccc(C#N)c(C(F)(F)F)c3)C[C@H]2C(=O)NC2CC2)CC1. The summed E-state index contributed by atoms with van der Waals surface area (Å²) in [5, 5.41) is 12.2.